The zero-order valence-electron chi connectivity index (χ0n) is 7.99. The number of hydrogen-bond donors (Lipinski definition) is 2. The second-order valence-electron chi connectivity index (χ2n) is 3.98. The van der Waals surface area contributed by atoms with E-state index in [-0.39, 0.29) is 11.8 Å². The van der Waals surface area contributed by atoms with E-state index >= 15 is 0 Å². The minimum absolute atomic E-state index is 0.0735. The summed E-state index contributed by atoms with van der Waals surface area (Å²) in [5.74, 6) is 6.25. The van der Waals surface area contributed by atoms with E-state index in [9.17, 15) is 8.42 Å². The van der Waals surface area contributed by atoms with Crippen LogP contribution in [0.15, 0.2) is 0 Å². The van der Waals surface area contributed by atoms with Crippen molar-refractivity contribution in [3.8, 4) is 0 Å². The fourth-order valence-corrected chi connectivity index (χ4v) is 2.42. The lowest BCUT2D eigenvalue weighted by molar-refractivity contribution is 0.490. The van der Waals surface area contributed by atoms with Crippen molar-refractivity contribution >= 4 is 9.84 Å². The highest BCUT2D eigenvalue weighted by Crippen LogP contribution is 2.33. The van der Waals surface area contributed by atoms with Gasteiger partial charge in [0.2, 0.25) is 0 Å². The highest BCUT2D eigenvalue weighted by Gasteiger charge is 2.23. The van der Waals surface area contributed by atoms with Crippen molar-refractivity contribution in [1.29, 1.82) is 0 Å². The summed E-state index contributed by atoms with van der Waals surface area (Å²) < 4.78 is 21.9. The van der Waals surface area contributed by atoms with E-state index in [1.165, 1.54) is 19.1 Å². The van der Waals surface area contributed by atoms with Crippen molar-refractivity contribution in [3.05, 3.63) is 0 Å². The Morgan fingerprint density at radius 2 is 2.15 bits per heavy atom. The maximum atomic E-state index is 11.0. The summed E-state index contributed by atoms with van der Waals surface area (Å²) in [4.78, 5) is 0. The first-order chi connectivity index (χ1) is 6.01. The summed E-state index contributed by atoms with van der Waals surface area (Å²) in [6, 6.07) is -0.0735. The van der Waals surface area contributed by atoms with Crippen molar-refractivity contribution < 1.29 is 8.42 Å². The van der Waals surface area contributed by atoms with Crippen molar-refractivity contribution in [1.82, 2.24) is 5.43 Å². The summed E-state index contributed by atoms with van der Waals surface area (Å²) in [6.07, 6.45) is 5.82. The van der Waals surface area contributed by atoms with Crippen LogP contribution in [0.4, 0.5) is 0 Å². The Morgan fingerprint density at radius 1 is 1.54 bits per heavy atom. The largest absolute Gasteiger partial charge is 0.271 e. The molecule has 0 aromatic rings. The van der Waals surface area contributed by atoms with E-state index in [4.69, 9.17) is 5.84 Å². The monoisotopic (exact) mass is 206 g/mol. The molecule has 1 aliphatic carbocycles. The zero-order chi connectivity index (χ0) is 9.90. The summed E-state index contributed by atoms with van der Waals surface area (Å²) in [5, 5.41) is 0. The van der Waals surface area contributed by atoms with Gasteiger partial charge in [-0.05, 0) is 18.8 Å². The first-order valence-electron chi connectivity index (χ1n) is 4.65. The molecular formula is C8H18N2O2S. The predicted octanol–water partition coefficient (Wildman–Crippen LogP) is 0.0531. The van der Waals surface area contributed by atoms with Crippen LogP contribution < -0.4 is 11.3 Å². The van der Waals surface area contributed by atoms with Crippen molar-refractivity contribution in [2.45, 2.75) is 31.7 Å². The van der Waals surface area contributed by atoms with Gasteiger partial charge >= 0.3 is 0 Å². The second kappa shape index (κ2) is 4.39. The van der Waals surface area contributed by atoms with Gasteiger partial charge in [0.25, 0.3) is 0 Å². The maximum absolute atomic E-state index is 11.0. The predicted molar refractivity (Wildman–Crippen MR) is 52.8 cm³/mol. The Morgan fingerprint density at radius 3 is 2.54 bits per heavy atom. The molecule has 0 spiro atoms. The van der Waals surface area contributed by atoms with Crippen LogP contribution >= 0.6 is 0 Å². The number of rotatable bonds is 6. The SMILES string of the molecule is CS(=O)(=O)CC(CCC1CC1)NN. The molecule has 13 heavy (non-hydrogen) atoms. The Balaban J connectivity index is 2.24. The Bertz CT molecular complexity index is 247. The summed E-state index contributed by atoms with van der Waals surface area (Å²) >= 11 is 0. The Labute approximate surface area is 79.8 Å². The Hall–Kier alpha value is -0.130. The normalized spacial score (nSPS) is 20.2. The van der Waals surface area contributed by atoms with Crippen LogP contribution in [0.25, 0.3) is 0 Å². The molecule has 0 aromatic heterocycles. The third-order valence-corrected chi connectivity index (χ3v) is 3.37. The minimum Gasteiger partial charge on any atom is -0.271 e. The molecule has 1 rings (SSSR count). The third kappa shape index (κ3) is 5.23. The number of hydrogen-bond acceptors (Lipinski definition) is 4. The topological polar surface area (TPSA) is 72.2 Å². The van der Waals surface area contributed by atoms with Crippen molar-refractivity contribution in [3.63, 3.8) is 0 Å². The van der Waals surface area contributed by atoms with Gasteiger partial charge in [-0.2, -0.15) is 0 Å². The van der Waals surface area contributed by atoms with Gasteiger partial charge in [-0.1, -0.05) is 12.8 Å². The van der Waals surface area contributed by atoms with Crippen LogP contribution in [0.1, 0.15) is 25.7 Å². The molecular weight excluding hydrogens is 188 g/mol. The molecule has 1 aliphatic rings. The molecule has 1 atom stereocenters. The van der Waals surface area contributed by atoms with Crippen LogP contribution in [-0.4, -0.2) is 26.5 Å². The fourth-order valence-electron chi connectivity index (χ4n) is 1.42. The first-order valence-corrected chi connectivity index (χ1v) is 6.71. The lowest BCUT2D eigenvalue weighted by Gasteiger charge is -2.13. The second-order valence-corrected chi connectivity index (χ2v) is 6.16. The molecule has 78 valence electrons. The van der Waals surface area contributed by atoms with E-state index in [0.717, 1.165) is 18.8 Å². The first kappa shape index (κ1) is 10.9. The molecule has 3 N–H and O–H groups in total. The Kier molecular flexibility index (Phi) is 3.70. The molecule has 1 fully saturated rings. The molecule has 0 heterocycles. The quantitative estimate of drug-likeness (QED) is 0.476. The average molecular weight is 206 g/mol. The molecule has 5 heteroatoms. The standard InChI is InChI=1S/C8H18N2O2S/c1-13(11,12)6-8(10-9)5-4-7-2-3-7/h7-8,10H,2-6,9H2,1H3. The summed E-state index contributed by atoms with van der Waals surface area (Å²) in [6.45, 7) is 0. The molecule has 0 bridgehead atoms. The molecule has 0 radical (unpaired) electrons. The van der Waals surface area contributed by atoms with Crippen LogP contribution in [0.2, 0.25) is 0 Å². The zero-order valence-corrected chi connectivity index (χ0v) is 8.81. The van der Waals surface area contributed by atoms with Gasteiger partial charge in [0.1, 0.15) is 9.84 Å². The molecule has 0 saturated heterocycles. The molecule has 0 aliphatic heterocycles. The van der Waals surface area contributed by atoms with Gasteiger partial charge in [0, 0.05) is 12.3 Å². The third-order valence-electron chi connectivity index (χ3n) is 2.36. The van der Waals surface area contributed by atoms with Gasteiger partial charge in [0.15, 0.2) is 0 Å². The van der Waals surface area contributed by atoms with Gasteiger partial charge in [-0.25, -0.2) is 8.42 Å². The summed E-state index contributed by atoms with van der Waals surface area (Å²) in [5.41, 5.74) is 2.56. The van der Waals surface area contributed by atoms with E-state index in [1.54, 1.807) is 0 Å². The van der Waals surface area contributed by atoms with Crippen molar-refractivity contribution in [2.75, 3.05) is 12.0 Å². The number of sulfone groups is 1. The van der Waals surface area contributed by atoms with Gasteiger partial charge in [-0.3, -0.25) is 11.3 Å². The smallest absolute Gasteiger partial charge is 0.149 e. The van der Waals surface area contributed by atoms with Crippen LogP contribution in [0.5, 0.6) is 0 Å². The number of nitrogens with two attached hydrogens (primary N) is 1. The minimum atomic E-state index is -2.91. The molecule has 1 unspecified atom stereocenters. The lowest BCUT2D eigenvalue weighted by atomic mass is 10.1. The van der Waals surface area contributed by atoms with E-state index in [2.05, 4.69) is 5.43 Å². The van der Waals surface area contributed by atoms with Crippen molar-refractivity contribution in [2.24, 2.45) is 11.8 Å². The highest BCUT2D eigenvalue weighted by molar-refractivity contribution is 7.90. The van der Waals surface area contributed by atoms with Gasteiger partial charge in [0.05, 0.1) is 5.75 Å². The van der Waals surface area contributed by atoms with E-state index < -0.39 is 9.84 Å². The maximum Gasteiger partial charge on any atom is 0.149 e. The summed E-state index contributed by atoms with van der Waals surface area (Å²) in [7, 11) is -2.91. The van der Waals surface area contributed by atoms with E-state index in [1.807, 2.05) is 0 Å². The lowest BCUT2D eigenvalue weighted by Crippen LogP contribution is -2.40. The molecule has 0 amide bonds. The number of nitrogens with one attached hydrogen (secondary N) is 1. The highest BCUT2D eigenvalue weighted by atomic mass is 32.2. The van der Waals surface area contributed by atoms with Gasteiger partial charge < -0.3 is 0 Å². The fraction of sp³-hybridized carbons (Fsp3) is 1.00. The number of hydrazine groups is 1. The van der Waals surface area contributed by atoms with Crippen LogP contribution in [0, 0.1) is 5.92 Å². The average Bonchev–Trinajstić information content (AvgIpc) is 2.78. The molecule has 0 aromatic carbocycles. The molecule has 4 nitrogen and oxygen atoms in total. The van der Waals surface area contributed by atoms with Crippen LogP contribution in [0.3, 0.4) is 0 Å². The van der Waals surface area contributed by atoms with Gasteiger partial charge in [-0.15, -0.1) is 0 Å². The van der Waals surface area contributed by atoms with E-state index in [0.29, 0.717) is 0 Å². The molecule has 1 saturated carbocycles. The van der Waals surface area contributed by atoms with Crippen LogP contribution in [-0.2, 0) is 9.84 Å².